The Hall–Kier alpha value is -2.01. The number of rotatable bonds is 5. The van der Waals surface area contributed by atoms with Crippen molar-refractivity contribution in [3.8, 4) is 0 Å². The monoisotopic (exact) mass is 340 g/mol. The van der Waals surface area contributed by atoms with Crippen molar-refractivity contribution < 1.29 is 4.39 Å². The van der Waals surface area contributed by atoms with E-state index in [9.17, 15) is 4.39 Å². The third-order valence-electron chi connectivity index (χ3n) is 5.34. The molecule has 4 nitrogen and oxygen atoms in total. The fourth-order valence-corrected chi connectivity index (χ4v) is 3.64. The van der Waals surface area contributed by atoms with Crippen LogP contribution < -0.4 is 4.90 Å². The van der Waals surface area contributed by atoms with E-state index >= 15 is 0 Å². The van der Waals surface area contributed by atoms with Crippen molar-refractivity contribution in [2.45, 2.75) is 44.2 Å². The second-order valence-corrected chi connectivity index (χ2v) is 7.28. The summed E-state index contributed by atoms with van der Waals surface area (Å²) in [5.41, 5.74) is 0.781. The maximum absolute atomic E-state index is 13.9. The van der Waals surface area contributed by atoms with Crippen molar-refractivity contribution in [2.24, 2.45) is 0 Å². The number of benzene rings is 1. The number of hydrogen-bond donors (Lipinski definition) is 0. The molecule has 2 aliphatic rings. The van der Waals surface area contributed by atoms with Gasteiger partial charge in [0.1, 0.15) is 17.5 Å². The van der Waals surface area contributed by atoms with Gasteiger partial charge >= 0.3 is 0 Å². The van der Waals surface area contributed by atoms with Crippen LogP contribution in [-0.4, -0.2) is 41.0 Å². The highest BCUT2D eigenvalue weighted by molar-refractivity contribution is 5.38. The molecule has 1 atom stereocenters. The van der Waals surface area contributed by atoms with E-state index in [0.717, 1.165) is 43.1 Å². The van der Waals surface area contributed by atoms with E-state index in [4.69, 9.17) is 4.98 Å². The fraction of sp³-hybridized carbons (Fsp3) is 0.500. The Bertz CT molecular complexity index is 731. The summed E-state index contributed by atoms with van der Waals surface area (Å²) in [6.07, 6.45) is 6.59. The zero-order chi connectivity index (χ0) is 17.2. The molecule has 0 spiro atoms. The summed E-state index contributed by atoms with van der Waals surface area (Å²) in [5, 5.41) is 0. The van der Waals surface area contributed by atoms with E-state index in [1.165, 1.54) is 12.8 Å². The molecule has 2 heterocycles. The first kappa shape index (κ1) is 16.5. The normalized spacial score (nSPS) is 21.3. The predicted octanol–water partition coefficient (Wildman–Crippen LogP) is 3.59. The third-order valence-corrected chi connectivity index (χ3v) is 5.34. The lowest BCUT2D eigenvalue weighted by Crippen LogP contribution is -2.46. The van der Waals surface area contributed by atoms with Crippen LogP contribution in [0.4, 0.5) is 10.2 Å². The summed E-state index contributed by atoms with van der Waals surface area (Å²) in [4.78, 5) is 13.8. The number of nitrogens with zero attached hydrogens (tertiary/aromatic N) is 4. The van der Waals surface area contributed by atoms with Gasteiger partial charge in [0, 0.05) is 43.9 Å². The van der Waals surface area contributed by atoms with Crippen LogP contribution in [-0.2, 0) is 6.54 Å². The Morgan fingerprint density at radius 2 is 2.04 bits per heavy atom. The van der Waals surface area contributed by atoms with Crippen molar-refractivity contribution in [1.82, 2.24) is 14.9 Å². The molecule has 1 saturated carbocycles. The lowest BCUT2D eigenvalue weighted by Gasteiger charge is -2.38. The van der Waals surface area contributed by atoms with E-state index in [-0.39, 0.29) is 5.82 Å². The average molecular weight is 340 g/mol. The highest BCUT2D eigenvalue weighted by Gasteiger charge is 2.28. The van der Waals surface area contributed by atoms with E-state index in [1.807, 2.05) is 24.4 Å². The van der Waals surface area contributed by atoms with Gasteiger partial charge in [0.25, 0.3) is 0 Å². The highest BCUT2D eigenvalue weighted by Crippen LogP contribution is 2.38. The van der Waals surface area contributed by atoms with Crippen molar-refractivity contribution in [1.29, 1.82) is 0 Å². The average Bonchev–Trinajstić information content (AvgIpc) is 3.49. The number of aromatic nitrogens is 2. The molecule has 0 radical (unpaired) electrons. The molecule has 1 unspecified atom stereocenters. The molecule has 1 aliphatic heterocycles. The van der Waals surface area contributed by atoms with E-state index in [0.29, 0.717) is 18.5 Å². The van der Waals surface area contributed by atoms with Gasteiger partial charge in [-0.25, -0.2) is 14.4 Å². The smallest absolute Gasteiger partial charge is 0.133 e. The Morgan fingerprint density at radius 1 is 1.20 bits per heavy atom. The molecule has 2 aromatic rings. The molecule has 1 aliphatic carbocycles. The SMILES string of the molecule is CN(c1ccnc(C2CC2)n1)C1CCCN(Cc2ccccc2F)C1. The van der Waals surface area contributed by atoms with Crippen LogP contribution in [0.15, 0.2) is 36.5 Å². The first-order chi connectivity index (χ1) is 12.2. The molecule has 132 valence electrons. The Kier molecular flexibility index (Phi) is 4.66. The van der Waals surface area contributed by atoms with Gasteiger partial charge in [0.15, 0.2) is 0 Å². The van der Waals surface area contributed by atoms with E-state index < -0.39 is 0 Å². The predicted molar refractivity (Wildman–Crippen MR) is 97.1 cm³/mol. The molecule has 0 N–H and O–H groups in total. The molecule has 2 fully saturated rings. The molecular weight excluding hydrogens is 315 g/mol. The number of likely N-dealkylation sites (tertiary alicyclic amines) is 1. The molecular formula is C20H25FN4. The van der Waals surface area contributed by atoms with Gasteiger partial charge in [0.2, 0.25) is 0 Å². The zero-order valence-electron chi connectivity index (χ0n) is 14.7. The quantitative estimate of drug-likeness (QED) is 0.832. The van der Waals surface area contributed by atoms with Gasteiger partial charge in [-0.3, -0.25) is 4.90 Å². The number of halogens is 1. The van der Waals surface area contributed by atoms with Gasteiger partial charge in [-0.15, -0.1) is 0 Å². The van der Waals surface area contributed by atoms with Crippen molar-refractivity contribution >= 4 is 5.82 Å². The largest absolute Gasteiger partial charge is 0.355 e. The van der Waals surface area contributed by atoms with Crippen molar-refractivity contribution in [2.75, 3.05) is 25.0 Å². The van der Waals surface area contributed by atoms with Gasteiger partial charge in [-0.1, -0.05) is 18.2 Å². The summed E-state index contributed by atoms with van der Waals surface area (Å²) < 4.78 is 13.9. The van der Waals surface area contributed by atoms with Crippen LogP contribution in [0.5, 0.6) is 0 Å². The summed E-state index contributed by atoms with van der Waals surface area (Å²) in [5.74, 6) is 2.46. The minimum Gasteiger partial charge on any atom is -0.355 e. The first-order valence-electron chi connectivity index (χ1n) is 9.22. The molecule has 0 bridgehead atoms. The molecule has 1 aromatic carbocycles. The molecule has 0 amide bonds. The van der Waals surface area contributed by atoms with Gasteiger partial charge in [0.05, 0.1) is 0 Å². The number of likely N-dealkylation sites (N-methyl/N-ethyl adjacent to an activating group) is 1. The van der Waals surface area contributed by atoms with Crippen LogP contribution in [0.2, 0.25) is 0 Å². The van der Waals surface area contributed by atoms with E-state index in [2.05, 4.69) is 21.8 Å². The Labute approximate surface area is 148 Å². The zero-order valence-corrected chi connectivity index (χ0v) is 14.7. The second-order valence-electron chi connectivity index (χ2n) is 7.28. The number of piperidine rings is 1. The lowest BCUT2D eigenvalue weighted by molar-refractivity contribution is 0.196. The first-order valence-corrected chi connectivity index (χ1v) is 9.22. The highest BCUT2D eigenvalue weighted by atomic mass is 19.1. The summed E-state index contributed by atoms with van der Waals surface area (Å²) in [7, 11) is 2.12. The standard InChI is InChI=1S/C20H25FN4/c1-24(19-10-11-22-20(23-19)15-8-9-15)17-6-4-12-25(14-17)13-16-5-2-3-7-18(16)21/h2-3,5,7,10-11,15,17H,4,6,8-9,12-14H2,1H3. The van der Waals surface area contributed by atoms with Crippen molar-refractivity contribution in [3.63, 3.8) is 0 Å². The van der Waals surface area contributed by atoms with Crippen molar-refractivity contribution in [3.05, 3.63) is 53.7 Å². The topological polar surface area (TPSA) is 32.3 Å². The third kappa shape index (κ3) is 3.82. The van der Waals surface area contributed by atoms with Gasteiger partial charge < -0.3 is 4.90 Å². The van der Waals surface area contributed by atoms with Crippen LogP contribution in [0.25, 0.3) is 0 Å². The van der Waals surface area contributed by atoms with Gasteiger partial charge in [-0.05, 0) is 44.4 Å². The second kappa shape index (κ2) is 7.08. The fourth-order valence-electron chi connectivity index (χ4n) is 3.64. The molecule has 4 rings (SSSR count). The summed E-state index contributed by atoms with van der Waals surface area (Å²) in [6.45, 7) is 2.64. The maximum atomic E-state index is 13.9. The number of hydrogen-bond acceptors (Lipinski definition) is 4. The van der Waals surface area contributed by atoms with Crippen LogP contribution in [0.1, 0.15) is 43.0 Å². The van der Waals surface area contributed by atoms with Crippen LogP contribution in [0, 0.1) is 5.82 Å². The van der Waals surface area contributed by atoms with Crippen LogP contribution >= 0.6 is 0 Å². The number of anilines is 1. The van der Waals surface area contributed by atoms with Gasteiger partial charge in [-0.2, -0.15) is 0 Å². The molecule has 1 saturated heterocycles. The summed E-state index contributed by atoms with van der Waals surface area (Å²) >= 11 is 0. The minimum atomic E-state index is -0.108. The minimum absolute atomic E-state index is 0.108. The molecule has 5 heteroatoms. The lowest BCUT2D eigenvalue weighted by atomic mass is 10.0. The maximum Gasteiger partial charge on any atom is 0.133 e. The Morgan fingerprint density at radius 3 is 2.84 bits per heavy atom. The molecule has 25 heavy (non-hydrogen) atoms. The Balaban J connectivity index is 1.43. The van der Waals surface area contributed by atoms with Crippen LogP contribution in [0.3, 0.4) is 0 Å². The molecule has 1 aromatic heterocycles. The van der Waals surface area contributed by atoms with E-state index in [1.54, 1.807) is 12.1 Å². The summed E-state index contributed by atoms with van der Waals surface area (Å²) in [6, 6.07) is 9.49.